The minimum Gasteiger partial charge on any atom is -0.309 e. The van der Waals surface area contributed by atoms with E-state index < -0.39 is 12.7 Å². The topological polar surface area (TPSA) is 15.3 Å². The van der Waals surface area contributed by atoms with Crippen molar-refractivity contribution in [1.29, 1.82) is 0 Å². The maximum atomic E-state index is 12.1. The van der Waals surface area contributed by atoms with Gasteiger partial charge in [-0.05, 0) is 64.0 Å². The lowest BCUT2D eigenvalue weighted by Crippen LogP contribution is -2.52. The van der Waals surface area contributed by atoms with Gasteiger partial charge in [0.05, 0.1) is 6.54 Å². The lowest BCUT2D eigenvalue weighted by Gasteiger charge is -2.48. The summed E-state index contributed by atoms with van der Waals surface area (Å²) < 4.78 is 36.4. The normalized spacial score (nSPS) is 29.9. The molecule has 1 N–H and O–H groups in total. The molecule has 22 heavy (non-hydrogen) atoms. The first kappa shape index (κ1) is 18.1. The predicted octanol–water partition coefficient (Wildman–Crippen LogP) is 4.21. The van der Waals surface area contributed by atoms with Crippen LogP contribution >= 0.6 is 0 Å². The summed E-state index contributed by atoms with van der Waals surface area (Å²) in [5.41, 5.74) is 0. The van der Waals surface area contributed by atoms with Crippen LogP contribution < -0.4 is 5.32 Å². The maximum Gasteiger partial charge on any atom is 0.401 e. The van der Waals surface area contributed by atoms with Gasteiger partial charge in [-0.1, -0.05) is 19.8 Å². The monoisotopic (exact) mass is 320 g/mol. The summed E-state index contributed by atoms with van der Waals surface area (Å²) in [6, 6.07) is 1.20. The van der Waals surface area contributed by atoms with Crippen molar-refractivity contribution in [3.8, 4) is 0 Å². The number of fused-ring (bicyclic) bond motifs is 1. The van der Waals surface area contributed by atoms with Crippen molar-refractivity contribution in [1.82, 2.24) is 10.2 Å². The van der Waals surface area contributed by atoms with Crippen molar-refractivity contribution in [3.05, 3.63) is 0 Å². The van der Waals surface area contributed by atoms with Crippen LogP contribution in [0.2, 0.25) is 0 Å². The Morgan fingerprint density at radius 1 is 1.09 bits per heavy atom. The van der Waals surface area contributed by atoms with Gasteiger partial charge in [0.2, 0.25) is 0 Å². The molecule has 2 fully saturated rings. The molecule has 0 aromatic heterocycles. The van der Waals surface area contributed by atoms with Crippen LogP contribution in [-0.4, -0.2) is 42.8 Å². The fourth-order valence-corrected chi connectivity index (χ4v) is 4.30. The fourth-order valence-electron chi connectivity index (χ4n) is 4.30. The third-order valence-corrected chi connectivity index (χ3v) is 5.73. The lowest BCUT2D eigenvalue weighted by atomic mass is 9.77. The molecule has 5 heteroatoms. The number of hydrogen-bond acceptors (Lipinski definition) is 2. The quantitative estimate of drug-likeness (QED) is 0.738. The number of likely N-dealkylation sites (tertiary alicyclic amines) is 1. The molecule has 2 rings (SSSR count). The van der Waals surface area contributed by atoms with Crippen molar-refractivity contribution >= 4 is 0 Å². The zero-order valence-corrected chi connectivity index (χ0v) is 14.0. The van der Waals surface area contributed by atoms with Crippen LogP contribution in [0.4, 0.5) is 13.2 Å². The van der Waals surface area contributed by atoms with Gasteiger partial charge in [0.15, 0.2) is 0 Å². The standard InChI is InChI=1S/C17H31F3N2/c1-13(9-10-21-12-17(18,19)20)14(2)22-11-5-7-15-6-3-4-8-16(15)22/h13-16,21H,3-12H2,1-2H3/t13?,14-,15?,16?/m1/s1. The van der Waals surface area contributed by atoms with Crippen LogP contribution in [0.15, 0.2) is 0 Å². The summed E-state index contributed by atoms with van der Waals surface area (Å²) in [5.74, 6) is 1.29. The van der Waals surface area contributed by atoms with E-state index in [2.05, 4.69) is 24.1 Å². The number of hydrogen-bond donors (Lipinski definition) is 1. The molecule has 0 aromatic carbocycles. The summed E-state index contributed by atoms with van der Waals surface area (Å²) in [7, 11) is 0. The summed E-state index contributed by atoms with van der Waals surface area (Å²) in [4.78, 5) is 2.67. The third kappa shape index (κ3) is 5.12. The van der Waals surface area contributed by atoms with E-state index in [1.807, 2.05) is 0 Å². The summed E-state index contributed by atoms with van der Waals surface area (Å²) >= 11 is 0. The number of rotatable bonds is 6. The first-order valence-corrected chi connectivity index (χ1v) is 8.91. The Kier molecular flexibility index (Phi) is 6.57. The van der Waals surface area contributed by atoms with Crippen molar-refractivity contribution in [2.75, 3.05) is 19.6 Å². The SMILES string of the molecule is CC(CCNCC(F)(F)F)[C@@H](C)N1CCCC2CCCCC21. The number of halogens is 3. The molecule has 1 aliphatic carbocycles. The van der Waals surface area contributed by atoms with Crippen LogP contribution in [0.5, 0.6) is 0 Å². The van der Waals surface area contributed by atoms with Gasteiger partial charge >= 0.3 is 6.18 Å². The Hall–Kier alpha value is -0.290. The van der Waals surface area contributed by atoms with Gasteiger partial charge in [-0.25, -0.2) is 0 Å². The predicted molar refractivity (Wildman–Crippen MR) is 83.9 cm³/mol. The highest BCUT2D eigenvalue weighted by Crippen LogP contribution is 2.37. The van der Waals surface area contributed by atoms with Gasteiger partial charge in [0.1, 0.15) is 0 Å². The zero-order valence-electron chi connectivity index (χ0n) is 14.0. The molecule has 1 heterocycles. The molecule has 2 nitrogen and oxygen atoms in total. The Morgan fingerprint density at radius 3 is 2.50 bits per heavy atom. The molecular formula is C17H31F3N2. The summed E-state index contributed by atoms with van der Waals surface area (Å²) in [6.07, 6.45) is 4.76. The van der Waals surface area contributed by atoms with Gasteiger partial charge in [-0.3, -0.25) is 4.90 Å². The highest BCUT2D eigenvalue weighted by atomic mass is 19.4. The van der Waals surface area contributed by atoms with Crippen LogP contribution in [0.3, 0.4) is 0 Å². The van der Waals surface area contributed by atoms with Crippen molar-refractivity contribution in [2.45, 2.75) is 77.1 Å². The van der Waals surface area contributed by atoms with E-state index in [-0.39, 0.29) is 0 Å². The van der Waals surface area contributed by atoms with E-state index in [0.29, 0.717) is 18.5 Å². The molecule has 1 saturated heterocycles. The maximum absolute atomic E-state index is 12.1. The summed E-state index contributed by atoms with van der Waals surface area (Å²) in [6.45, 7) is 5.20. The van der Waals surface area contributed by atoms with Crippen molar-refractivity contribution in [3.63, 3.8) is 0 Å². The molecule has 1 aliphatic heterocycles. The molecule has 3 unspecified atom stereocenters. The highest BCUT2D eigenvalue weighted by Gasteiger charge is 2.36. The molecule has 0 radical (unpaired) electrons. The second kappa shape index (κ2) is 8.00. The van der Waals surface area contributed by atoms with Crippen LogP contribution in [-0.2, 0) is 0 Å². The molecule has 0 amide bonds. The second-order valence-electron chi connectivity index (χ2n) is 7.29. The molecule has 4 atom stereocenters. The van der Waals surface area contributed by atoms with Gasteiger partial charge in [-0.15, -0.1) is 0 Å². The average molecular weight is 320 g/mol. The minimum absolute atomic E-state index is 0.432. The Balaban J connectivity index is 1.77. The lowest BCUT2D eigenvalue weighted by molar-refractivity contribution is -0.124. The van der Waals surface area contributed by atoms with E-state index >= 15 is 0 Å². The van der Waals surface area contributed by atoms with Gasteiger partial charge in [0.25, 0.3) is 0 Å². The van der Waals surface area contributed by atoms with Gasteiger partial charge < -0.3 is 5.32 Å². The minimum atomic E-state index is -4.10. The Morgan fingerprint density at radius 2 is 1.77 bits per heavy atom. The molecule has 0 aromatic rings. The zero-order chi connectivity index (χ0) is 16.2. The molecule has 2 aliphatic rings. The number of alkyl halides is 3. The first-order valence-electron chi connectivity index (χ1n) is 8.91. The Bertz CT molecular complexity index is 330. The molecular weight excluding hydrogens is 289 g/mol. The van der Waals surface area contributed by atoms with Gasteiger partial charge in [-0.2, -0.15) is 13.2 Å². The fraction of sp³-hybridized carbons (Fsp3) is 1.00. The summed E-state index contributed by atoms with van der Waals surface area (Å²) in [5, 5.41) is 2.53. The van der Waals surface area contributed by atoms with E-state index in [1.54, 1.807) is 0 Å². The smallest absolute Gasteiger partial charge is 0.309 e. The number of nitrogens with one attached hydrogen (secondary N) is 1. The largest absolute Gasteiger partial charge is 0.401 e. The second-order valence-corrected chi connectivity index (χ2v) is 7.29. The average Bonchev–Trinajstić information content (AvgIpc) is 2.49. The van der Waals surface area contributed by atoms with Crippen LogP contribution in [0.25, 0.3) is 0 Å². The molecule has 0 bridgehead atoms. The van der Waals surface area contributed by atoms with E-state index in [0.717, 1.165) is 18.4 Å². The van der Waals surface area contributed by atoms with Crippen molar-refractivity contribution in [2.24, 2.45) is 11.8 Å². The van der Waals surface area contributed by atoms with Gasteiger partial charge in [0, 0.05) is 12.1 Å². The molecule has 1 saturated carbocycles. The van der Waals surface area contributed by atoms with E-state index in [4.69, 9.17) is 0 Å². The first-order chi connectivity index (χ1) is 10.4. The van der Waals surface area contributed by atoms with E-state index in [1.165, 1.54) is 45.1 Å². The van der Waals surface area contributed by atoms with Crippen LogP contribution in [0.1, 0.15) is 58.8 Å². The molecule has 130 valence electrons. The molecule has 0 spiro atoms. The van der Waals surface area contributed by atoms with E-state index in [9.17, 15) is 13.2 Å². The number of nitrogens with zero attached hydrogens (tertiary/aromatic N) is 1. The van der Waals surface area contributed by atoms with Crippen molar-refractivity contribution < 1.29 is 13.2 Å². The third-order valence-electron chi connectivity index (χ3n) is 5.73. The Labute approximate surface area is 132 Å². The van der Waals surface area contributed by atoms with Crippen LogP contribution in [0, 0.1) is 11.8 Å². The number of piperidine rings is 1. The highest BCUT2D eigenvalue weighted by molar-refractivity contribution is 4.90.